The maximum absolute atomic E-state index is 12.6. The lowest BCUT2D eigenvalue weighted by Gasteiger charge is -2.09. The average molecular weight is 474 g/mol. The summed E-state index contributed by atoms with van der Waals surface area (Å²) in [6, 6.07) is 30.1. The summed E-state index contributed by atoms with van der Waals surface area (Å²) >= 11 is 0. The van der Waals surface area contributed by atoms with Crippen molar-refractivity contribution in [1.82, 2.24) is 0 Å². The second-order valence-corrected chi connectivity index (χ2v) is 8.90. The molecule has 8 heteroatoms. The summed E-state index contributed by atoms with van der Waals surface area (Å²) in [5.74, 6) is 2.06. The molecule has 0 heterocycles. The largest absolute Gasteiger partial charge is 0.497 e. The number of hydrogen-bond acceptors (Lipinski definition) is 6. The number of hydrazone groups is 1. The zero-order valence-electron chi connectivity index (χ0n) is 18.4. The van der Waals surface area contributed by atoms with E-state index in [1.165, 1.54) is 19.2 Å². The fourth-order valence-electron chi connectivity index (χ4n) is 3.05. The van der Waals surface area contributed by atoms with Crippen LogP contribution >= 0.6 is 0 Å². The molecule has 7 nitrogen and oxygen atoms in total. The summed E-state index contributed by atoms with van der Waals surface area (Å²) in [6.07, 6.45) is 1.68. The van der Waals surface area contributed by atoms with Gasteiger partial charge in [-0.25, -0.2) is 8.42 Å². The van der Waals surface area contributed by atoms with E-state index >= 15 is 0 Å². The van der Waals surface area contributed by atoms with E-state index in [4.69, 9.17) is 9.47 Å². The first-order valence-electron chi connectivity index (χ1n) is 10.4. The van der Waals surface area contributed by atoms with Gasteiger partial charge in [-0.3, -0.25) is 10.1 Å². The zero-order valence-corrected chi connectivity index (χ0v) is 19.2. The monoisotopic (exact) mass is 473 g/mol. The van der Waals surface area contributed by atoms with Crippen molar-refractivity contribution in [2.24, 2.45) is 5.10 Å². The lowest BCUT2D eigenvalue weighted by Crippen LogP contribution is -2.12. The van der Waals surface area contributed by atoms with Gasteiger partial charge in [-0.05, 0) is 78.4 Å². The summed E-state index contributed by atoms with van der Waals surface area (Å²) < 4.78 is 38.6. The zero-order chi connectivity index (χ0) is 23.8. The minimum absolute atomic E-state index is 0.151. The molecule has 0 spiro atoms. The van der Waals surface area contributed by atoms with Crippen LogP contribution in [-0.2, 0) is 10.0 Å². The Hall–Kier alpha value is -4.30. The van der Waals surface area contributed by atoms with Gasteiger partial charge in [-0.15, -0.1) is 0 Å². The lowest BCUT2D eigenvalue weighted by atomic mass is 10.2. The van der Waals surface area contributed by atoms with E-state index in [-0.39, 0.29) is 4.90 Å². The summed E-state index contributed by atoms with van der Waals surface area (Å²) in [7, 11) is -2.17. The highest BCUT2D eigenvalue weighted by molar-refractivity contribution is 7.92. The van der Waals surface area contributed by atoms with E-state index in [0.29, 0.717) is 22.9 Å². The van der Waals surface area contributed by atoms with Crippen LogP contribution in [-0.4, -0.2) is 21.7 Å². The number of sulfonamides is 1. The third-order valence-corrected chi connectivity index (χ3v) is 6.15. The Kier molecular flexibility index (Phi) is 7.10. The number of benzene rings is 4. The number of hydrogen-bond donors (Lipinski definition) is 2. The van der Waals surface area contributed by atoms with Gasteiger partial charge < -0.3 is 9.47 Å². The third kappa shape index (κ3) is 6.14. The van der Waals surface area contributed by atoms with Gasteiger partial charge in [0.2, 0.25) is 0 Å². The van der Waals surface area contributed by atoms with E-state index in [0.717, 1.165) is 11.3 Å². The number of para-hydroxylation sites is 1. The van der Waals surface area contributed by atoms with E-state index < -0.39 is 10.0 Å². The van der Waals surface area contributed by atoms with Crippen molar-refractivity contribution in [2.45, 2.75) is 4.90 Å². The Morgan fingerprint density at radius 3 is 2.12 bits per heavy atom. The summed E-state index contributed by atoms with van der Waals surface area (Å²) in [5.41, 5.74) is 4.95. The van der Waals surface area contributed by atoms with E-state index in [9.17, 15) is 8.42 Å². The van der Waals surface area contributed by atoms with Crippen LogP contribution in [0.15, 0.2) is 113 Å². The molecule has 0 fully saturated rings. The van der Waals surface area contributed by atoms with Gasteiger partial charge in [0, 0.05) is 5.69 Å². The minimum Gasteiger partial charge on any atom is -0.497 e. The van der Waals surface area contributed by atoms with Gasteiger partial charge in [0.05, 0.1) is 23.9 Å². The van der Waals surface area contributed by atoms with E-state index in [1.807, 2.05) is 54.6 Å². The van der Waals surface area contributed by atoms with E-state index in [1.54, 1.807) is 42.6 Å². The first kappa shape index (κ1) is 22.9. The van der Waals surface area contributed by atoms with Crippen LogP contribution in [0.4, 0.5) is 11.4 Å². The van der Waals surface area contributed by atoms with Gasteiger partial charge in [0.1, 0.15) is 17.2 Å². The Morgan fingerprint density at radius 2 is 1.41 bits per heavy atom. The van der Waals surface area contributed by atoms with E-state index in [2.05, 4.69) is 15.2 Å². The molecule has 0 bridgehead atoms. The molecule has 4 rings (SSSR count). The highest BCUT2D eigenvalue weighted by atomic mass is 32.2. The van der Waals surface area contributed by atoms with Crippen LogP contribution in [0.3, 0.4) is 0 Å². The number of nitrogens with one attached hydrogen (secondary N) is 2. The Morgan fingerprint density at radius 1 is 0.735 bits per heavy atom. The molecule has 0 atom stereocenters. The molecule has 0 aliphatic carbocycles. The van der Waals surface area contributed by atoms with Crippen molar-refractivity contribution in [2.75, 3.05) is 17.3 Å². The molecule has 0 saturated carbocycles. The fourth-order valence-corrected chi connectivity index (χ4v) is 4.10. The van der Waals surface area contributed by atoms with Gasteiger partial charge in [0.15, 0.2) is 0 Å². The van der Waals surface area contributed by atoms with Crippen LogP contribution in [0.25, 0.3) is 0 Å². The molecule has 34 heavy (non-hydrogen) atoms. The van der Waals surface area contributed by atoms with Crippen LogP contribution in [0.5, 0.6) is 17.2 Å². The van der Waals surface area contributed by atoms with Gasteiger partial charge in [-0.2, -0.15) is 5.10 Å². The topological polar surface area (TPSA) is 89.0 Å². The van der Waals surface area contributed by atoms with Crippen molar-refractivity contribution < 1.29 is 17.9 Å². The molecule has 0 saturated heterocycles. The van der Waals surface area contributed by atoms with Crippen molar-refractivity contribution in [3.8, 4) is 17.2 Å². The maximum Gasteiger partial charge on any atom is 0.261 e. The van der Waals surface area contributed by atoms with Crippen molar-refractivity contribution in [3.63, 3.8) is 0 Å². The van der Waals surface area contributed by atoms with Crippen LogP contribution in [0.2, 0.25) is 0 Å². The Labute approximate surface area is 198 Å². The fraction of sp³-hybridized carbons (Fsp3) is 0.0385. The Balaban J connectivity index is 1.35. The second-order valence-electron chi connectivity index (χ2n) is 7.22. The molecule has 0 aliphatic rings. The van der Waals surface area contributed by atoms with Crippen molar-refractivity contribution in [3.05, 3.63) is 109 Å². The highest BCUT2D eigenvalue weighted by Gasteiger charge is 2.14. The van der Waals surface area contributed by atoms with Crippen LogP contribution < -0.4 is 19.6 Å². The van der Waals surface area contributed by atoms with Gasteiger partial charge in [-0.1, -0.05) is 30.3 Å². The number of anilines is 2. The molecule has 0 aliphatic heterocycles. The van der Waals surface area contributed by atoms with Crippen LogP contribution in [0, 0.1) is 0 Å². The van der Waals surface area contributed by atoms with Crippen molar-refractivity contribution >= 4 is 27.6 Å². The number of nitrogens with zero attached hydrogens (tertiary/aromatic N) is 1. The molecular weight excluding hydrogens is 450 g/mol. The quantitative estimate of drug-likeness (QED) is 0.239. The highest BCUT2D eigenvalue weighted by Crippen LogP contribution is 2.22. The predicted molar refractivity (Wildman–Crippen MR) is 134 cm³/mol. The van der Waals surface area contributed by atoms with Gasteiger partial charge >= 0.3 is 0 Å². The van der Waals surface area contributed by atoms with Gasteiger partial charge in [0.25, 0.3) is 10.0 Å². The third-order valence-electron chi connectivity index (χ3n) is 4.75. The first-order valence-corrected chi connectivity index (χ1v) is 11.9. The standard InChI is InChI=1S/C26H23N3O4S/c1-32-23-14-16-26(17-15-23)34(30,31)29-22-12-10-21(11-13-22)28-27-19-20-6-5-9-25(18-20)33-24-7-3-2-4-8-24/h2-19,28-29H,1H3/b27-19+. The molecular formula is C26H23N3O4S. The first-order chi connectivity index (χ1) is 16.5. The molecule has 0 amide bonds. The molecule has 0 radical (unpaired) electrons. The SMILES string of the molecule is COc1ccc(S(=O)(=O)Nc2ccc(N/N=C/c3cccc(Oc4ccccc4)c3)cc2)cc1. The summed E-state index contributed by atoms with van der Waals surface area (Å²) in [6.45, 7) is 0. The molecule has 0 aromatic heterocycles. The number of ether oxygens (including phenoxy) is 2. The minimum atomic E-state index is -3.70. The summed E-state index contributed by atoms with van der Waals surface area (Å²) in [5, 5.41) is 4.25. The number of methoxy groups -OCH3 is 1. The second kappa shape index (κ2) is 10.5. The van der Waals surface area contributed by atoms with Crippen LogP contribution in [0.1, 0.15) is 5.56 Å². The van der Waals surface area contributed by atoms with Crippen molar-refractivity contribution in [1.29, 1.82) is 0 Å². The maximum atomic E-state index is 12.6. The normalized spacial score (nSPS) is 11.2. The molecule has 4 aromatic rings. The summed E-state index contributed by atoms with van der Waals surface area (Å²) in [4.78, 5) is 0.151. The lowest BCUT2D eigenvalue weighted by molar-refractivity contribution is 0.414. The molecule has 0 unspecified atom stereocenters. The molecule has 4 aromatic carbocycles. The molecule has 172 valence electrons. The average Bonchev–Trinajstić information content (AvgIpc) is 2.86. The molecule has 2 N–H and O–H groups in total. The number of rotatable bonds is 9. The Bertz CT molecular complexity index is 1360. The smallest absolute Gasteiger partial charge is 0.261 e. The predicted octanol–water partition coefficient (Wildman–Crippen LogP) is 5.73.